The zero-order chi connectivity index (χ0) is 17.7. The lowest BCUT2D eigenvalue weighted by Gasteiger charge is -2.48. The van der Waals surface area contributed by atoms with E-state index >= 15 is 0 Å². The summed E-state index contributed by atoms with van der Waals surface area (Å²) in [5.41, 5.74) is 0.110. The van der Waals surface area contributed by atoms with Gasteiger partial charge in [0.2, 0.25) is 0 Å². The van der Waals surface area contributed by atoms with Crippen LogP contribution in [-0.4, -0.2) is 43.5 Å². The molecular weight excluding hydrogens is 322 g/mol. The molecular formula is C19H21NO5. The number of amides is 1. The predicted molar refractivity (Wildman–Crippen MR) is 90.6 cm³/mol. The van der Waals surface area contributed by atoms with Gasteiger partial charge >= 0.3 is 6.09 Å². The number of hydrogen-bond acceptors (Lipinski definition) is 5. The third-order valence-corrected chi connectivity index (χ3v) is 5.67. The number of methoxy groups -OCH3 is 1. The van der Waals surface area contributed by atoms with Crippen LogP contribution in [0.1, 0.15) is 29.6 Å². The summed E-state index contributed by atoms with van der Waals surface area (Å²) in [6.45, 7) is 5.03. The van der Waals surface area contributed by atoms with Gasteiger partial charge in [0.05, 0.1) is 26.0 Å². The van der Waals surface area contributed by atoms with Crippen molar-refractivity contribution in [1.29, 1.82) is 0 Å². The van der Waals surface area contributed by atoms with Gasteiger partial charge in [-0.3, -0.25) is 9.69 Å². The highest BCUT2D eigenvalue weighted by molar-refractivity contribution is 6.19. The fourth-order valence-electron chi connectivity index (χ4n) is 4.53. The first-order valence-corrected chi connectivity index (χ1v) is 8.50. The number of anilines is 1. The van der Waals surface area contributed by atoms with E-state index in [1.165, 1.54) is 12.0 Å². The Balaban J connectivity index is 1.82. The molecule has 2 spiro atoms. The Morgan fingerprint density at radius 1 is 1.32 bits per heavy atom. The van der Waals surface area contributed by atoms with Crippen molar-refractivity contribution in [2.75, 3.05) is 25.2 Å². The standard InChI is InChI=1S/C19H21NO5/c1-3-13-12-18(24-10-11-25-18)8-9-19(13)16(21)14-6-4-5-7-15(14)20(19)17(22)23-2/h3-7,13H,1,8-12H2,2H3. The molecule has 6 heteroatoms. The maximum Gasteiger partial charge on any atom is 0.414 e. The molecule has 1 aromatic rings. The van der Waals surface area contributed by atoms with Crippen molar-refractivity contribution in [2.45, 2.75) is 30.6 Å². The normalized spacial score (nSPS) is 29.9. The third-order valence-electron chi connectivity index (χ3n) is 5.67. The van der Waals surface area contributed by atoms with Crippen molar-refractivity contribution in [3.8, 4) is 0 Å². The molecule has 1 saturated heterocycles. The molecule has 0 bridgehead atoms. The number of para-hydroxylation sites is 1. The lowest BCUT2D eigenvalue weighted by Crippen LogP contribution is -2.62. The summed E-state index contributed by atoms with van der Waals surface area (Å²) in [6.07, 6.45) is 2.68. The van der Waals surface area contributed by atoms with E-state index in [2.05, 4.69) is 6.58 Å². The molecule has 3 aliphatic rings. The highest BCUT2D eigenvalue weighted by Crippen LogP contribution is 2.53. The van der Waals surface area contributed by atoms with Gasteiger partial charge in [-0.05, 0) is 18.6 Å². The zero-order valence-electron chi connectivity index (χ0n) is 14.2. The molecule has 1 saturated carbocycles. The van der Waals surface area contributed by atoms with E-state index in [-0.39, 0.29) is 11.7 Å². The summed E-state index contributed by atoms with van der Waals surface area (Å²) in [5.74, 6) is -1.04. The lowest BCUT2D eigenvalue weighted by molar-refractivity contribution is -0.189. The molecule has 2 fully saturated rings. The molecule has 132 valence electrons. The van der Waals surface area contributed by atoms with Crippen LogP contribution in [0.5, 0.6) is 0 Å². The first-order valence-electron chi connectivity index (χ1n) is 8.50. The lowest BCUT2D eigenvalue weighted by atomic mass is 9.67. The first-order chi connectivity index (χ1) is 12.1. The summed E-state index contributed by atoms with van der Waals surface area (Å²) >= 11 is 0. The second kappa shape index (κ2) is 5.68. The van der Waals surface area contributed by atoms with Gasteiger partial charge in [0.15, 0.2) is 11.6 Å². The minimum Gasteiger partial charge on any atom is -0.452 e. The quantitative estimate of drug-likeness (QED) is 0.734. The van der Waals surface area contributed by atoms with Crippen LogP contribution in [0.4, 0.5) is 10.5 Å². The largest absolute Gasteiger partial charge is 0.452 e. The number of benzene rings is 1. The Kier molecular flexibility index (Phi) is 3.70. The molecule has 1 aliphatic carbocycles. The second-order valence-corrected chi connectivity index (χ2v) is 6.73. The second-order valence-electron chi connectivity index (χ2n) is 6.73. The van der Waals surface area contributed by atoms with Crippen LogP contribution in [-0.2, 0) is 14.2 Å². The van der Waals surface area contributed by atoms with Crippen LogP contribution in [0, 0.1) is 5.92 Å². The van der Waals surface area contributed by atoms with Gasteiger partial charge < -0.3 is 14.2 Å². The molecule has 0 aromatic heterocycles. The van der Waals surface area contributed by atoms with Gasteiger partial charge in [-0.2, -0.15) is 0 Å². The number of ketones is 1. The Bertz CT molecular complexity index is 739. The Morgan fingerprint density at radius 2 is 2.04 bits per heavy atom. The number of Topliss-reactive ketones (excluding diaryl/α,β-unsaturated/α-hetero) is 1. The molecule has 2 atom stereocenters. The molecule has 2 unspecified atom stereocenters. The maximum atomic E-state index is 13.4. The van der Waals surface area contributed by atoms with Crippen molar-refractivity contribution in [1.82, 2.24) is 0 Å². The molecule has 0 radical (unpaired) electrons. The molecule has 2 heterocycles. The van der Waals surface area contributed by atoms with Crippen LogP contribution in [0.3, 0.4) is 0 Å². The molecule has 2 aliphatic heterocycles. The van der Waals surface area contributed by atoms with Crippen molar-refractivity contribution in [3.05, 3.63) is 42.5 Å². The topological polar surface area (TPSA) is 65.1 Å². The summed E-state index contributed by atoms with van der Waals surface area (Å²) in [6, 6.07) is 7.17. The van der Waals surface area contributed by atoms with Gasteiger partial charge in [0.1, 0.15) is 5.54 Å². The van der Waals surface area contributed by atoms with Gasteiger partial charge in [-0.1, -0.05) is 18.2 Å². The Morgan fingerprint density at radius 3 is 2.72 bits per heavy atom. The molecule has 1 amide bonds. The van der Waals surface area contributed by atoms with Crippen LogP contribution in [0.2, 0.25) is 0 Å². The maximum absolute atomic E-state index is 13.4. The average Bonchev–Trinajstić information content (AvgIpc) is 3.19. The van der Waals surface area contributed by atoms with Crippen LogP contribution >= 0.6 is 0 Å². The number of hydrogen-bond donors (Lipinski definition) is 0. The highest BCUT2D eigenvalue weighted by atomic mass is 16.7. The van der Waals surface area contributed by atoms with E-state index in [9.17, 15) is 9.59 Å². The average molecular weight is 343 g/mol. The van der Waals surface area contributed by atoms with Gasteiger partial charge in [0, 0.05) is 24.3 Å². The van der Waals surface area contributed by atoms with Crippen molar-refractivity contribution < 1.29 is 23.8 Å². The highest BCUT2D eigenvalue weighted by Gasteiger charge is 2.62. The smallest absolute Gasteiger partial charge is 0.414 e. The van der Waals surface area contributed by atoms with Gasteiger partial charge in [-0.25, -0.2) is 4.79 Å². The number of carbonyl (C=O) groups excluding carboxylic acids is 2. The summed E-state index contributed by atoms with van der Waals surface area (Å²) in [7, 11) is 1.33. The molecule has 0 N–H and O–H groups in total. The van der Waals surface area contributed by atoms with E-state index in [1.54, 1.807) is 18.2 Å². The van der Waals surface area contributed by atoms with E-state index in [0.717, 1.165) is 0 Å². The third kappa shape index (κ3) is 2.10. The van der Waals surface area contributed by atoms with Crippen molar-refractivity contribution in [2.24, 2.45) is 5.92 Å². The van der Waals surface area contributed by atoms with E-state index in [1.807, 2.05) is 12.1 Å². The number of carbonyl (C=O) groups is 2. The van der Waals surface area contributed by atoms with Crippen molar-refractivity contribution in [3.63, 3.8) is 0 Å². The SMILES string of the molecule is C=CC1CC2(CCC13C(=O)c1ccccc1N3C(=O)OC)OCCO2. The number of nitrogens with zero attached hydrogens (tertiary/aromatic N) is 1. The number of rotatable bonds is 1. The summed E-state index contributed by atoms with van der Waals surface area (Å²) in [4.78, 5) is 27.5. The molecule has 1 aromatic carbocycles. The van der Waals surface area contributed by atoms with Crippen LogP contribution in [0.25, 0.3) is 0 Å². The minimum absolute atomic E-state index is 0.0637. The van der Waals surface area contributed by atoms with Crippen molar-refractivity contribution >= 4 is 17.6 Å². The molecule has 4 rings (SSSR count). The fourth-order valence-corrected chi connectivity index (χ4v) is 4.53. The predicted octanol–water partition coefficient (Wildman–Crippen LogP) is 2.92. The van der Waals surface area contributed by atoms with Crippen LogP contribution < -0.4 is 4.90 Å². The van der Waals surface area contributed by atoms with Gasteiger partial charge in [0.25, 0.3) is 0 Å². The minimum atomic E-state index is -1.03. The van der Waals surface area contributed by atoms with E-state index < -0.39 is 17.4 Å². The Labute approximate surface area is 146 Å². The first kappa shape index (κ1) is 16.3. The van der Waals surface area contributed by atoms with Crippen LogP contribution in [0.15, 0.2) is 36.9 Å². The fraction of sp³-hybridized carbons (Fsp3) is 0.474. The Hall–Kier alpha value is -2.18. The summed E-state index contributed by atoms with van der Waals surface area (Å²) in [5, 5.41) is 0. The molecule has 6 nitrogen and oxygen atoms in total. The molecule has 25 heavy (non-hydrogen) atoms. The number of fused-ring (bicyclic) bond motifs is 1. The van der Waals surface area contributed by atoms with E-state index in [0.29, 0.717) is 43.7 Å². The van der Waals surface area contributed by atoms with E-state index in [4.69, 9.17) is 14.2 Å². The zero-order valence-corrected chi connectivity index (χ0v) is 14.2. The number of ether oxygens (including phenoxy) is 3. The summed E-state index contributed by atoms with van der Waals surface area (Å²) < 4.78 is 16.7. The monoisotopic (exact) mass is 343 g/mol. The van der Waals surface area contributed by atoms with Gasteiger partial charge in [-0.15, -0.1) is 6.58 Å².